The highest BCUT2D eigenvalue weighted by molar-refractivity contribution is 5.58. The normalized spacial score (nSPS) is 17.9. The van der Waals surface area contributed by atoms with Gasteiger partial charge in [0, 0.05) is 18.0 Å². The number of aldehydes is 1. The van der Waals surface area contributed by atoms with Crippen LogP contribution in [0.2, 0.25) is 0 Å². The van der Waals surface area contributed by atoms with Gasteiger partial charge in [-0.05, 0) is 26.8 Å². The fourth-order valence-corrected chi connectivity index (χ4v) is 1.60. The lowest BCUT2D eigenvalue weighted by Gasteiger charge is -2.32. The summed E-state index contributed by atoms with van der Waals surface area (Å²) in [5, 5.41) is 0. The van der Waals surface area contributed by atoms with Crippen molar-refractivity contribution in [3.05, 3.63) is 0 Å². The van der Waals surface area contributed by atoms with E-state index in [-0.39, 0.29) is 5.41 Å². The highest BCUT2D eigenvalue weighted by Gasteiger charge is 2.24. The van der Waals surface area contributed by atoms with Gasteiger partial charge >= 0.3 is 0 Å². The topological polar surface area (TPSA) is 20.3 Å². The zero-order chi connectivity index (χ0) is 11.2. The lowest BCUT2D eigenvalue weighted by atomic mass is 9.88. The van der Waals surface area contributed by atoms with Gasteiger partial charge in [-0.25, -0.2) is 0 Å². The molecular formula is C12H25NO. The van der Waals surface area contributed by atoms with Gasteiger partial charge in [0.25, 0.3) is 0 Å². The van der Waals surface area contributed by atoms with Crippen LogP contribution >= 0.6 is 0 Å². The Hall–Kier alpha value is -0.370. The van der Waals surface area contributed by atoms with E-state index in [1.54, 1.807) is 0 Å². The summed E-state index contributed by atoms with van der Waals surface area (Å²) in [6.07, 6.45) is 4.42. The van der Waals surface area contributed by atoms with Crippen molar-refractivity contribution in [2.75, 3.05) is 13.6 Å². The van der Waals surface area contributed by atoms with Gasteiger partial charge in [0.1, 0.15) is 6.29 Å². The molecule has 0 fully saturated rings. The van der Waals surface area contributed by atoms with Crippen molar-refractivity contribution < 1.29 is 4.79 Å². The second-order valence-corrected chi connectivity index (χ2v) is 4.68. The lowest BCUT2D eigenvalue weighted by Crippen LogP contribution is -2.39. The van der Waals surface area contributed by atoms with Gasteiger partial charge in [0.15, 0.2) is 0 Å². The highest BCUT2D eigenvalue weighted by atomic mass is 16.1. The predicted molar refractivity (Wildman–Crippen MR) is 61.5 cm³/mol. The van der Waals surface area contributed by atoms with Gasteiger partial charge in [-0.2, -0.15) is 0 Å². The third kappa shape index (κ3) is 4.23. The molecule has 0 aromatic carbocycles. The van der Waals surface area contributed by atoms with Crippen LogP contribution in [-0.4, -0.2) is 30.8 Å². The first-order valence-corrected chi connectivity index (χ1v) is 5.65. The Bertz CT molecular complexity index is 170. The van der Waals surface area contributed by atoms with Gasteiger partial charge in [0.2, 0.25) is 0 Å². The molecule has 14 heavy (non-hydrogen) atoms. The minimum Gasteiger partial charge on any atom is -0.303 e. The first kappa shape index (κ1) is 13.6. The van der Waals surface area contributed by atoms with Crippen molar-refractivity contribution in [1.29, 1.82) is 0 Å². The maximum Gasteiger partial charge on any atom is 0.127 e. The van der Waals surface area contributed by atoms with Crippen LogP contribution in [0, 0.1) is 5.41 Å². The van der Waals surface area contributed by atoms with E-state index in [9.17, 15) is 4.79 Å². The molecule has 2 unspecified atom stereocenters. The third-order valence-corrected chi connectivity index (χ3v) is 3.16. The minimum atomic E-state index is -0.170. The smallest absolute Gasteiger partial charge is 0.127 e. The molecule has 0 aromatic rings. The number of carbonyl (C=O) groups excluding carboxylic acids is 1. The van der Waals surface area contributed by atoms with E-state index in [0.29, 0.717) is 6.04 Å². The highest BCUT2D eigenvalue weighted by Crippen LogP contribution is 2.20. The zero-order valence-corrected chi connectivity index (χ0v) is 10.3. The van der Waals surface area contributed by atoms with Crippen molar-refractivity contribution in [2.45, 2.75) is 53.0 Å². The Morgan fingerprint density at radius 1 is 1.43 bits per heavy atom. The third-order valence-electron chi connectivity index (χ3n) is 3.16. The Kier molecular flexibility index (Phi) is 6.01. The number of nitrogens with zero attached hydrogens (tertiary/aromatic N) is 1. The van der Waals surface area contributed by atoms with E-state index < -0.39 is 0 Å². The summed E-state index contributed by atoms with van der Waals surface area (Å²) in [7, 11) is 2.11. The SMILES string of the molecule is CCCC(C)N(C)CC(C)(C=O)CC. The summed E-state index contributed by atoms with van der Waals surface area (Å²) in [6, 6.07) is 0.575. The molecule has 0 aromatic heterocycles. The van der Waals surface area contributed by atoms with Crippen LogP contribution in [0.4, 0.5) is 0 Å². The Morgan fingerprint density at radius 3 is 2.36 bits per heavy atom. The second kappa shape index (κ2) is 6.18. The Balaban J connectivity index is 4.14. The van der Waals surface area contributed by atoms with Gasteiger partial charge in [-0.3, -0.25) is 0 Å². The maximum absolute atomic E-state index is 10.9. The summed E-state index contributed by atoms with van der Waals surface area (Å²) in [4.78, 5) is 13.2. The standard InChI is InChI=1S/C12H25NO/c1-6-8-11(3)13(5)9-12(4,7-2)10-14/h10-11H,6-9H2,1-5H3. The molecule has 0 aliphatic carbocycles. The summed E-state index contributed by atoms with van der Waals surface area (Å²) < 4.78 is 0. The molecule has 0 heterocycles. The van der Waals surface area contributed by atoms with Crippen LogP contribution in [0.1, 0.15) is 47.0 Å². The summed E-state index contributed by atoms with van der Waals surface area (Å²) in [6.45, 7) is 9.41. The Morgan fingerprint density at radius 2 is 2.00 bits per heavy atom. The summed E-state index contributed by atoms with van der Waals surface area (Å²) >= 11 is 0. The van der Waals surface area contributed by atoms with Crippen LogP contribution in [0.25, 0.3) is 0 Å². The first-order valence-electron chi connectivity index (χ1n) is 5.65. The van der Waals surface area contributed by atoms with Crippen molar-refractivity contribution in [2.24, 2.45) is 5.41 Å². The fourth-order valence-electron chi connectivity index (χ4n) is 1.60. The molecule has 0 aliphatic heterocycles. The van der Waals surface area contributed by atoms with Crippen molar-refractivity contribution in [3.63, 3.8) is 0 Å². The molecule has 0 rings (SSSR count). The molecule has 0 amide bonds. The average molecular weight is 199 g/mol. The number of hydrogen-bond acceptors (Lipinski definition) is 2. The predicted octanol–water partition coefficient (Wildman–Crippen LogP) is 2.72. The van der Waals surface area contributed by atoms with E-state index in [2.05, 4.69) is 32.7 Å². The molecule has 2 heteroatoms. The zero-order valence-electron chi connectivity index (χ0n) is 10.3. The molecule has 2 atom stereocenters. The maximum atomic E-state index is 10.9. The van der Waals surface area contributed by atoms with Gasteiger partial charge < -0.3 is 9.69 Å². The average Bonchev–Trinajstić information content (AvgIpc) is 2.18. The van der Waals surface area contributed by atoms with E-state index in [4.69, 9.17) is 0 Å². The summed E-state index contributed by atoms with van der Waals surface area (Å²) in [5.41, 5.74) is -0.170. The lowest BCUT2D eigenvalue weighted by molar-refractivity contribution is -0.116. The van der Waals surface area contributed by atoms with Crippen LogP contribution in [0.15, 0.2) is 0 Å². The number of hydrogen-bond donors (Lipinski definition) is 0. The number of carbonyl (C=O) groups is 1. The van der Waals surface area contributed by atoms with E-state index in [1.165, 1.54) is 12.8 Å². The minimum absolute atomic E-state index is 0.170. The molecule has 2 nitrogen and oxygen atoms in total. The van der Waals surface area contributed by atoms with Crippen molar-refractivity contribution in [3.8, 4) is 0 Å². The van der Waals surface area contributed by atoms with Crippen molar-refractivity contribution >= 4 is 6.29 Å². The molecule has 0 N–H and O–H groups in total. The molecule has 0 saturated heterocycles. The second-order valence-electron chi connectivity index (χ2n) is 4.68. The van der Waals surface area contributed by atoms with Crippen LogP contribution in [0.3, 0.4) is 0 Å². The molecule has 0 spiro atoms. The van der Waals surface area contributed by atoms with E-state index in [0.717, 1.165) is 19.3 Å². The fraction of sp³-hybridized carbons (Fsp3) is 0.917. The summed E-state index contributed by atoms with van der Waals surface area (Å²) in [5.74, 6) is 0. The molecule has 0 bridgehead atoms. The van der Waals surface area contributed by atoms with E-state index in [1.807, 2.05) is 6.92 Å². The van der Waals surface area contributed by atoms with Crippen molar-refractivity contribution in [1.82, 2.24) is 4.90 Å². The monoisotopic (exact) mass is 199 g/mol. The molecule has 0 radical (unpaired) electrons. The molecule has 84 valence electrons. The molecule has 0 saturated carbocycles. The van der Waals surface area contributed by atoms with E-state index >= 15 is 0 Å². The van der Waals surface area contributed by atoms with Crippen LogP contribution in [0.5, 0.6) is 0 Å². The van der Waals surface area contributed by atoms with Gasteiger partial charge in [-0.15, -0.1) is 0 Å². The Labute approximate surface area is 88.7 Å². The molecule has 0 aliphatic rings. The van der Waals surface area contributed by atoms with Gasteiger partial charge in [0.05, 0.1) is 0 Å². The first-order chi connectivity index (χ1) is 6.49. The van der Waals surface area contributed by atoms with Crippen LogP contribution in [-0.2, 0) is 4.79 Å². The number of rotatable bonds is 7. The molecular weight excluding hydrogens is 174 g/mol. The van der Waals surface area contributed by atoms with Crippen LogP contribution < -0.4 is 0 Å². The van der Waals surface area contributed by atoms with Gasteiger partial charge in [-0.1, -0.05) is 27.2 Å². The largest absolute Gasteiger partial charge is 0.303 e. The quantitative estimate of drug-likeness (QED) is 0.588.